The van der Waals surface area contributed by atoms with Gasteiger partial charge in [-0.3, -0.25) is 0 Å². The van der Waals surface area contributed by atoms with Crippen LogP contribution in [0.1, 0.15) is 44.5 Å². The molecule has 0 spiro atoms. The number of hydrogen-bond donors (Lipinski definition) is 0. The number of rotatable bonds is 6. The largest absolute Gasteiger partial charge is 0.493 e. The number of benzene rings is 1. The van der Waals surface area contributed by atoms with Gasteiger partial charge in [0.1, 0.15) is 5.75 Å². The van der Waals surface area contributed by atoms with Crippen LogP contribution in [-0.2, 0) is 4.74 Å². The van der Waals surface area contributed by atoms with Gasteiger partial charge in [-0.25, -0.2) is 4.79 Å². The Kier molecular flexibility index (Phi) is 5.69. The van der Waals surface area contributed by atoms with Gasteiger partial charge in [0.15, 0.2) is 0 Å². The molecule has 3 heteroatoms. The first-order valence-electron chi connectivity index (χ1n) is 6.46. The summed E-state index contributed by atoms with van der Waals surface area (Å²) in [5, 5.41) is 0. The van der Waals surface area contributed by atoms with E-state index in [0.29, 0.717) is 18.1 Å². The summed E-state index contributed by atoms with van der Waals surface area (Å²) in [6.07, 6.45) is 0.774. The van der Waals surface area contributed by atoms with E-state index >= 15 is 0 Å². The maximum atomic E-state index is 11.7. The minimum atomic E-state index is -0.278. The topological polar surface area (TPSA) is 35.5 Å². The summed E-state index contributed by atoms with van der Waals surface area (Å²) in [4.78, 5) is 11.7. The van der Waals surface area contributed by atoms with Crippen LogP contribution in [-0.4, -0.2) is 18.7 Å². The predicted octanol–water partition coefficient (Wildman–Crippen LogP) is 3.68. The molecule has 100 valence electrons. The van der Waals surface area contributed by atoms with Crippen molar-refractivity contribution in [1.29, 1.82) is 0 Å². The summed E-state index contributed by atoms with van der Waals surface area (Å²) in [5.74, 6) is 0.989. The van der Waals surface area contributed by atoms with Crippen LogP contribution in [0.15, 0.2) is 24.3 Å². The van der Waals surface area contributed by atoms with Crippen molar-refractivity contribution in [3.05, 3.63) is 29.8 Å². The molecule has 1 aromatic carbocycles. The Morgan fingerprint density at radius 2 is 1.78 bits per heavy atom. The van der Waals surface area contributed by atoms with Crippen LogP contribution in [0.2, 0.25) is 0 Å². The molecule has 0 aliphatic heterocycles. The van der Waals surface area contributed by atoms with Gasteiger partial charge in [-0.1, -0.05) is 20.8 Å². The smallest absolute Gasteiger partial charge is 0.338 e. The van der Waals surface area contributed by atoms with E-state index in [9.17, 15) is 4.79 Å². The lowest BCUT2D eigenvalue weighted by Gasteiger charge is -2.11. The summed E-state index contributed by atoms with van der Waals surface area (Å²) >= 11 is 0. The second-order valence-electron chi connectivity index (χ2n) is 4.85. The maximum Gasteiger partial charge on any atom is 0.338 e. The maximum absolute atomic E-state index is 11.7. The van der Waals surface area contributed by atoms with Crippen LogP contribution in [0.25, 0.3) is 0 Å². The summed E-state index contributed by atoms with van der Waals surface area (Å²) < 4.78 is 10.8. The molecule has 0 aromatic heterocycles. The van der Waals surface area contributed by atoms with Gasteiger partial charge in [-0.2, -0.15) is 0 Å². The molecule has 18 heavy (non-hydrogen) atoms. The first kappa shape index (κ1) is 14.6. The van der Waals surface area contributed by atoms with Crippen LogP contribution in [0, 0.1) is 5.92 Å². The third kappa shape index (κ3) is 4.78. The van der Waals surface area contributed by atoms with E-state index in [1.54, 1.807) is 24.3 Å². The highest BCUT2D eigenvalue weighted by atomic mass is 16.5. The van der Waals surface area contributed by atoms with Crippen molar-refractivity contribution in [1.82, 2.24) is 0 Å². The second-order valence-corrected chi connectivity index (χ2v) is 4.85. The molecule has 0 fully saturated rings. The van der Waals surface area contributed by atoms with Crippen LogP contribution in [0.3, 0.4) is 0 Å². The molecule has 1 atom stereocenters. The Morgan fingerprint density at radius 3 is 2.28 bits per heavy atom. The molecule has 0 aliphatic carbocycles. The van der Waals surface area contributed by atoms with Crippen molar-refractivity contribution in [2.75, 3.05) is 6.61 Å². The first-order valence-corrected chi connectivity index (χ1v) is 6.46. The standard InChI is InChI=1S/C15H22O3/c1-5-12(4)18-15(16)13-6-8-14(9-7-13)17-10-11(2)3/h6-9,11-12H,5,10H2,1-4H3. The van der Waals surface area contributed by atoms with Gasteiger partial charge in [0.25, 0.3) is 0 Å². The van der Waals surface area contributed by atoms with Gasteiger partial charge in [0.05, 0.1) is 18.3 Å². The molecular weight excluding hydrogens is 228 g/mol. The molecule has 0 bridgehead atoms. The molecule has 0 N–H and O–H groups in total. The van der Waals surface area contributed by atoms with Crippen molar-refractivity contribution in [3.8, 4) is 5.75 Å². The average Bonchev–Trinajstić information content (AvgIpc) is 2.36. The Balaban J connectivity index is 2.56. The van der Waals surface area contributed by atoms with Crippen molar-refractivity contribution in [2.24, 2.45) is 5.92 Å². The Labute approximate surface area is 109 Å². The monoisotopic (exact) mass is 250 g/mol. The molecule has 3 nitrogen and oxygen atoms in total. The van der Waals surface area contributed by atoms with E-state index in [4.69, 9.17) is 9.47 Å². The highest BCUT2D eigenvalue weighted by molar-refractivity contribution is 5.89. The average molecular weight is 250 g/mol. The van der Waals surface area contributed by atoms with Gasteiger partial charge >= 0.3 is 5.97 Å². The van der Waals surface area contributed by atoms with Crippen LogP contribution in [0.5, 0.6) is 5.75 Å². The van der Waals surface area contributed by atoms with E-state index in [1.165, 1.54) is 0 Å². The molecule has 0 heterocycles. The normalized spacial score (nSPS) is 12.3. The predicted molar refractivity (Wildman–Crippen MR) is 71.9 cm³/mol. The second kappa shape index (κ2) is 7.04. The molecule has 0 radical (unpaired) electrons. The van der Waals surface area contributed by atoms with Gasteiger partial charge in [-0.05, 0) is 43.5 Å². The molecule has 0 amide bonds. The van der Waals surface area contributed by atoms with Gasteiger partial charge < -0.3 is 9.47 Å². The quantitative estimate of drug-likeness (QED) is 0.722. The van der Waals surface area contributed by atoms with Crippen LogP contribution < -0.4 is 4.74 Å². The number of esters is 1. The molecule has 0 saturated carbocycles. The highest BCUT2D eigenvalue weighted by Gasteiger charge is 2.10. The Morgan fingerprint density at radius 1 is 1.17 bits per heavy atom. The SMILES string of the molecule is CCC(C)OC(=O)c1ccc(OCC(C)C)cc1. The Bertz CT molecular complexity index is 368. The molecular formula is C15H22O3. The summed E-state index contributed by atoms with van der Waals surface area (Å²) in [5.41, 5.74) is 0.562. The van der Waals surface area contributed by atoms with Crippen molar-refractivity contribution in [2.45, 2.75) is 40.2 Å². The van der Waals surface area contributed by atoms with Crippen LogP contribution in [0.4, 0.5) is 0 Å². The lowest BCUT2D eigenvalue weighted by Crippen LogP contribution is -2.14. The van der Waals surface area contributed by atoms with E-state index in [1.807, 2.05) is 13.8 Å². The number of carbonyl (C=O) groups is 1. The van der Waals surface area contributed by atoms with Crippen molar-refractivity contribution >= 4 is 5.97 Å². The number of ether oxygens (including phenoxy) is 2. The molecule has 0 saturated heterocycles. The fourth-order valence-corrected chi connectivity index (χ4v) is 1.28. The minimum absolute atomic E-state index is 0.0469. The zero-order valence-electron chi connectivity index (χ0n) is 11.6. The van der Waals surface area contributed by atoms with E-state index in [2.05, 4.69) is 13.8 Å². The number of hydrogen-bond acceptors (Lipinski definition) is 3. The van der Waals surface area contributed by atoms with E-state index in [0.717, 1.165) is 12.2 Å². The Hall–Kier alpha value is -1.51. The van der Waals surface area contributed by atoms with Crippen LogP contribution >= 0.6 is 0 Å². The zero-order valence-corrected chi connectivity index (χ0v) is 11.6. The van der Waals surface area contributed by atoms with Crippen molar-refractivity contribution < 1.29 is 14.3 Å². The first-order chi connectivity index (χ1) is 8.52. The van der Waals surface area contributed by atoms with E-state index in [-0.39, 0.29) is 12.1 Å². The van der Waals surface area contributed by atoms with Gasteiger partial charge in [0.2, 0.25) is 0 Å². The summed E-state index contributed by atoms with van der Waals surface area (Å²) in [7, 11) is 0. The van der Waals surface area contributed by atoms with E-state index < -0.39 is 0 Å². The summed E-state index contributed by atoms with van der Waals surface area (Å²) in [6.45, 7) is 8.74. The lowest BCUT2D eigenvalue weighted by atomic mass is 10.2. The molecule has 1 rings (SSSR count). The fraction of sp³-hybridized carbons (Fsp3) is 0.533. The fourth-order valence-electron chi connectivity index (χ4n) is 1.28. The highest BCUT2D eigenvalue weighted by Crippen LogP contribution is 2.14. The van der Waals surface area contributed by atoms with Gasteiger partial charge in [-0.15, -0.1) is 0 Å². The zero-order chi connectivity index (χ0) is 13.5. The number of carbonyl (C=O) groups excluding carboxylic acids is 1. The third-order valence-electron chi connectivity index (χ3n) is 2.56. The third-order valence-corrected chi connectivity index (χ3v) is 2.56. The molecule has 1 unspecified atom stereocenters. The molecule has 1 aromatic rings. The van der Waals surface area contributed by atoms with Gasteiger partial charge in [0, 0.05) is 0 Å². The summed E-state index contributed by atoms with van der Waals surface area (Å²) in [6, 6.07) is 7.08. The van der Waals surface area contributed by atoms with Crippen molar-refractivity contribution in [3.63, 3.8) is 0 Å². The molecule has 0 aliphatic rings. The minimum Gasteiger partial charge on any atom is -0.493 e. The lowest BCUT2D eigenvalue weighted by molar-refractivity contribution is 0.0334.